The Morgan fingerprint density at radius 1 is 0.968 bits per heavy atom. The van der Waals surface area contributed by atoms with E-state index in [-0.39, 0.29) is 5.91 Å². The molecule has 0 aromatic heterocycles. The minimum atomic E-state index is 0.0988. The predicted octanol–water partition coefficient (Wildman–Crippen LogP) is 0.0621. The van der Waals surface area contributed by atoms with Gasteiger partial charge in [0.2, 0.25) is 0 Å². The van der Waals surface area contributed by atoms with Gasteiger partial charge in [0.05, 0.1) is 39.4 Å². The molecule has 0 saturated carbocycles. The lowest BCUT2D eigenvalue weighted by atomic mass is 10.1. The van der Waals surface area contributed by atoms with Gasteiger partial charge in [-0.05, 0) is 43.2 Å². The maximum Gasteiger partial charge on any atom is 0.279 e. The van der Waals surface area contributed by atoms with Crippen molar-refractivity contribution >= 4 is 17.3 Å². The number of amides is 1. The van der Waals surface area contributed by atoms with Gasteiger partial charge in [0.25, 0.3) is 5.91 Å². The molecule has 31 heavy (non-hydrogen) atoms. The number of carbonyl (C=O) groups excluding carboxylic acids is 1. The molecule has 4 rings (SSSR count). The van der Waals surface area contributed by atoms with Crippen molar-refractivity contribution in [3.05, 3.63) is 59.2 Å². The van der Waals surface area contributed by atoms with E-state index in [0.717, 1.165) is 64.7 Å². The molecule has 6 nitrogen and oxygen atoms in total. The number of aryl methyl sites for hydroxylation is 1. The van der Waals surface area contributed by atoms with Crippen LogP contribution in [0.5, 0.6) is 0 Å². The second kappa shape index (κ2) is 10.3. The summed E-state index contributed by atoms with van der Waals surface area (Å²) in [4.78, 5) is 17.9. The minimum absolute atomic E-state index is 0.0988. The Bertz CT molecular complexity index is 870. The van der Waals surface area contributed by atoms with Crippen LogP contribution in [-0.2, 0) is 16.1 Å². The fraction of sp³-hybridized carbons (Fsp3) is 0.480. The van der Waals surface area contributed by atoms with E-state index < -0.39 is 0 Å². The molecule has 0 unspecified atom stereocenters. The number of carbonyl (C=O) groups is 1. The van der Waals surface area contributed by atoms with Crippen molar-refractivity contribution in [2.45, 2.75) is 20.4 Å². The lowest BCUT2D eigenvalue weighted by Gasteiger charge is -2.34. The van der Waals surface area contributed by atoms with E-state index in [2.05, 4.69) is 54.4 Å². The zero-order valence-corrected chi connectivity index (χ0v) is 18.9. The molecule has 1 amide bonds. The van der Waals surface area contributed by atoms with E-state index in [0.29, 0.717) is 6.54 Å². The van der Waals surface area contributed by atoms with Gasteiger partial charge < -0.3 is 24.8 Å². The number of hydrogen-bond donors (Lipinski definition) is 3. The Morgan fingerprint density at radius 3 is 2.39 bits per heavy atom. The summed E-state index contributed by atoms with van der Waals surface area (Å²) < 4.78 is 5.43. The van der Waals surface area contributed by atoms with Gasteiger partial charge in [0, 0.05) is 16.9 Å². The van der Waals surface area contributed by atoms with E-state index in [4.69, 9.17) is 4.74 Å². The van der Waals surface area contributed by atoms with Crippen LogP contribution in [0.1, 0.15) is 16.7 Å². The summed E-state index contributed by atoms with van der Waals surface area (Å²) in [6.45, 7) is 13.7. The molecule has 2 heterocycles. The highest BCUT2D eigenvalue weighted by atomic mass is 16.5. The number of hydrogen-bond acceptors (Lipinski definition) is 3. The second-order valence-corrected chi connectivity index (χ2v) is 8.92. The largest absolute Gasteiger partial charge is 0.370 e. The number of benzene rings is 2. The predicted molar refractivity (Wildman–Crippen MR) is 124 cm³/mol. The summed E-state index contributed by atoms with van der Waals surface area (Å²) in [6, 6.07) is 14.8. The number of morpholine rings is 1. The molecule has 6 heteroatoms. The van der Waals surface area contributed by atoms with Crippen molar-refractivity contribution in [1.82, 2.24) is 0 Å². The van der Waals surface area contributed by atoms with Crippen LogP contribution in [0.3, 0.4) is 0 Å². The lowest BCUT2D eigenvalue weighted by Crippen LogP contribution is -3.15. The maximum absolute atomic E-state index is 12.6. The zero-order chi connectivity index (χ0) is 21.6. The summed E-state index contributed by atoms with van der Waals surface area (Å²) in [5.74, 6) is 0.0988. The molecule has 0 atom stereocenters. The smallest absolute Gasteiger partial charge is 0.279 e. The van der Waals surface area contributed by atoms with Crippen molar-refractivity contribution in [3.63, 3.8) is 0 Å². The molecule has 0 radical (unpaired) electrons. The molecule has 166 valence electrons. The van der Waals surface area contributed by atoms with Gasteiger partial charge in [-0.25, -0.2) is 0 Å². The highest BCUT2D eigenvalue weighted by molar-refractivity contribution is 5.91. The van der Waals surface area contributed by atoms with Gasteiger partial charge in [0.1, 0.15) is 19.6 Å². The fourth-order valence-electron chi connectivity index (χ4n) is 4.58. The monoisotopic (exact) mass is 424 g/mol. The van der Waals surface area contributed by atoms with Crippen LogP contribution in [0.4, 0.5) is 11.4 Å². The standard InChI is InChI=1S/C25H34N4O2/c1-20-4-3-5-24(21(20)2)29-12-10-27(11-13-29)19-25(30)26-23-8-6-22(7-9-23)18-28-14-16-31-17-15-28/h3-9H,10-19H2,1-2H3,(H,26,30)/p+2. The van der Waals surface area contributed by atoms with Crippen molar-refractivity contribution in [3.8, 4) is 0 Å². The number of nitrogens with one attached hydrogen (secondary N) is 3. The van der Waals surface area contributed by atoms with Crippen molar-refractivity contribution in [1.29, 1.82) is 0 Å². The summed E-state index contributed by atoms with van der Waals surface area (Å²) in [5.41, 5.74) is 6.23. The molecule has 0 spiro atoms. The molecule has 3 N–H and O–H groups in total. The fourth-order valence-corrected chi connectivity index (χ4v) is 4.58. The molecular weight excluding hydrogens is 388 g/mol. The van der Waals surface area contributed by atoms with E-state index >= 15 is 0 Å². The molecule has 0 aliphatic carbocycles. The third kappa shape index (κ3) is 5.85. The number of ether oxygens (including phenoxy) is 1. The van der Waals surface area contributed by atoms with Crippen molar-refractivity contribution in [2.24, 2.45) is 0 Å². The molecule has 2 aromatic carbocycles. The third-order valence-electron chi connectivity index (χ3n) is 6.69. The molecular formula is C25H36N4O2+2. The Balaban J connectivity index is 1.22. The van der Waals surface area contributed by atoms with Gasteiger partial charge >= 0.3 is 0 Å². The van der Waals surface area contributed by atoms with E-state index in [1.165, 1.54) is 27.3 Å². The van der Waals surface area contributed by atoms with Crippen LogP contribution in [0.2, 0.25) is 0 Å². The molecule has 2 saturated heterocycles. The van der Waals surface area contributed by atoms with E-state index in [1.54, 1.807) is 4.90 Å². The normalized spacial score (nSPS) is 18.2. The Labute approximate surface area is 185 Å². The van der Waals surface area contributed by atoms with Crippen LogP contribution in [-0.4, -0.2) is 64.9 Å². The van der Waals surface area contributed by atoms with Gasteiger partial charge in [-0.3, -0.25) is 4.79 Å². The van der Waals surface area contributed by atoms with Crippen LogP contribution < -0.4 is 20.0 Å². The topological polar surface area (TPSA) is 50.5 Å². The van der Waals surface area contributed by atoms with Gasteiger partial charge in [-0.1, -0.05) is 24.3 Å². The first kappa shape index (κ1) is 21.8. The average Bonchev–Trinajstić information content (AvgIpc) is 2.78. The maximum atomic E-state index is 12.6. The lowest BCUT2D eigenvalue weighted by molar-refractivity contribution is -0.921. The van der Waals surface area contributed by atoms with Gasteiger partial charge in [-0.2, -0.15) is 0 Å². The quantitative estimate of drug-likeness (QED) is 0.615. The highest BCUT2D eigenvalue weighted by Gasteiger charge is 2.23. The van der Waals surface area contributed by atoms with Crippen LogP contribution in [0.25, 0.3) is 0 Å². The zero-order valence-electron chi connectivity index (χ0n) is 18.9. The Morgan fingerprint density at radius 2 is 1.68 bits per heavy atom. The average molecular weight is 425 g/mol. The summed E-state index contributed by atoms with van der Waals surface area (Å²) in [5, 5.41) is 3.08. The third-order valence-corrected chi connectivity index (χ3v) is 6.69. The molecule has 0 bridgehead atoms. The Kier molecular flexibility index (Phi) is 7.22. The summed E-state index contributed by atoms with van der Waals surface area (Å²) >= 11 is 0. The van der Waals surface area contributed by atoms with Crippen molar-refractivity contribution < 1.29 is 19.3 Å². The summed E-state index contributed by atoms with van der Waals surface area (Å²) in [7, 11) is 0. The summed E-state index contributed by atoms with van der Waals surface area (Å²) in [6.07, 6.45) is 0. The van der Waals surface area contributed by atoms with E-state index in [1.807, 2.05) is 12.1 Å². The van der Waals surface area contributed by atoms with Crippen LogP contribution in [0.15, 0.2) is 42.5 Å². The number of piperazine rings is 1. The van der Waals surface area contributed by atoms with Crippen molar-refractivity contribution in [2.75, 3.05) is 69.2 Å². The molecule has 2 aromatic rings. The Hall–Kier alpha value is -2.41. The highest BCUT2D eigenvalue weighted by Crippen LogP contribution is 2.22. The van der Waals surface area contributed by atoms with Crippen LogP contribution in [0, 0.1) is 13.8 Å². The van der Waals surface area contributed by atoms with Gasteiger partial charge in [-0.15, -0.1) is 0 Å². The number of anilines is 2. The number of quaternary nitrogens is 2. The first-order chi connectivity index (χ1) is 15.1. The van der Waals surface area contributed by atoms with Gasteiger partial charge in [0.15, 0.2) is 6.54 Å². The van der Waals surface area contributed by atoms with Crippen LogP contribution >= 0.6 is 0 Å². The first-order valence-electron chi connectivity index (χ1n) is 11.5. The SMILES string of the molecule is Cc1cccc(N2CC[NH+](CC(=O)Nc3ccc(C[NH+]4CCOCC4)cc3)CC2)c1C. The number of rotatable bonds is 6. The molecule has 2 aliphatic heterocycles. The number of nitrogens with zero attached hydrogens (tertiary/aromatic N) is 1. The van der Waals surface area contributed by atoms with E-state index in [9.17, 15) is 4.79 Å². The minimum Gasteiger partial charge on any atom is -0.370 e. The molecule has 2 aliphatic rings. The first-order valence-corrected chi connectivity index (χ1v) is 11.5. The second-order valence-electron chi connectivity index (χ2n) is 8.92. The molecule has 2 fully saturated rings.